The van der Waals surface area contributed by atoms with Crippen LogP contribution < -0.4 is 4.74 Å². The molecule has 0 aromatic heterocycles. The lowest BCUT2D eigenvalue weighted by Crippen LogP contribution is -2.22. The van der Waals surface area contributed by atoms with Crippen LogP contribution in [-0.2, 0) is 14.6 Å². The molecule has 0 amide bonds. The highest BCUT2D eigenvalue weighted by Crippen LogP contribution is 2.18. The predicted octanol–water partition coefficient (Wildman–Crippen LogP) is 1.84. The van der Waals surface area contributed by atoms with E-state index in [4.69, 9.17) is 4.74 Å². The third kappa shape index (κ3) is 3.85. The molecule has 0 fully saturated rings. The summed E-state index contributed by atoms with van der Waals surface area (Å²) < 4.78 is 28.1. The summed E-state index contributed by atoms with van der Waals surface area (Å²) in [6.45, 7) is 3.41. The lowest BCUT2D eigenvalue weighted by molar-refractivity contribution is -0.124. The zero-order valence-electron chi connectivity index (χ0n) is 10.1. The van der Waals surface area contributed by atoms with Gasteiger partial charge in [0.15, 0.2) is 21.7 Å². The van der Waals surface area contributed by atoms with Crippen molar-refractivity contribution < 1.29 is 17.9 Å². The van der Waals surface area contributed by atoms with Gasteiger partial charge in [-0.1, -0.05) is 13.0 Å². The van der Waals surface area contributed by atoms with E-state index in [9.17, 15) is 13.2 Å². The zero-order chi connectivity index (χ0) is 13.1. The van der Waals surface area contributed by atoms with Gasteiger partial charge in [-0.15, -0.1) is 0 Å². The number of carbonyl (C=O) groups excluding carboxylic acids is 1. The average molecular weight is 256 g/mol. The molecular formula is C12H16O4S. The Labute approximate surface area is 102 Å². The lowest BCUT2D eigenvalue weighted by atomic mass is 10.2. The van der Waals surface area contributed by atoms with Crippen molar-refractivity contribution in [2.45, 2.75) is 31.3 Å². The third-order valence-electron chi connectivity index (χ3n) is 2.35. The maximum Gasteiger partial charge on any atom is 0.175 e. The van der Waals surface area contributed by atoms with Crippen LogP contribution in [0.3, 0.4) is 0 Å². The first kappa shape index (κ1) is 13.7. The van der Waals surface area contributed by atoms with E-state index in [0.717, 1.165) is 6.26 Å². The minimum absolute atomic E-state index is 0.0187. The van der Waals surface area contributed by atoms with Crippen molar-refractivity contribution in [3.8, 4) is 5.75 Å². The van der Waals surface area contributed by atoms with Gasteiger partial charge < -0.3 is 4.74 Å². The predicted molar refractivity (Wildman–Crippen MR) is 64.9 cm³/mol. The van der Waals surface area contributed by atoms with Crippen molar-refractivity contribution in [1.29, 1.82) is 0 Å². The molecule has 1 aromatic carbocycles. The third-order valence-corrected chi connectivity index (χ3v) is 3.46. The van der Waals surface area contributed by atoms with Crippen LogP contribution >= 0.6 is 0 Å². The highest BCUT2D eigenvalue weighted by Gasteiger charge is 2.14. The summed E-state index contributed by atoms with van der Waals surface area (Å²) in [5.74, 6) is 0.372. The first-order chi connectivity index (χ1) is 7.84. The van der Waals surface area contributed by atoms with Crippen LogP contribution in [0, 0.1) is 0 Å². The van der Waals surface area contributed by atoms with E-state index in [1.54, 1.807) is 26.0 Å². The first-order valence-electron chi connectivity index (χ1n) is 5.34. The van der Waals surface area contributed by atoms with Crippen molar-refractivity contribution in [2.75, 3.05) is 6.26 Å². The van der Waals surface area contributed by atoms with Crippen molar-refractivity contribution in [2.24, 2.45) is 0 Å². The molecule has 0 bridgehead atoms. The summed E-state index contributed by atoms with van der Waals surface area (Å²) in [6.07, 6.45) is 0.967. The molecule has 1 atom stereocenters. The molecule has 5 heteroatoms. The molecule has 0 aliphatic carbocycles. The van der Waals surface area contributed by atoms with Crippen molar-refractivity contribution in [1.82, 2.24) is 0 Å². The van der Waals surface area contributed by atoms with Crippen LogP contribution in [-0.4, -0.2) is 26.6 Å². The first-order valence-corrected chi connectivity index (χ1v) is 7.23. The number of hydrogen-bond donors (Lipinski definition) is 0. The van der Waals surface area contributed by atoms with Crippen LogP contribution in [0.25, 0.3) is 0 Å². The van der Waals surface area contributed by atoms with Gasteiger partial charge in [-0.2, -0.15) is 0 Å². The quantitative estimate of drug-likeness (QED) is 0.806. The second-order valence-electron chi connectivity index (χ2n) is 3.83. The van der Waals surface area contributed by atoms with Gasteiger partial charge >= 0.3 is 0 Å². The highest BCUT2D eigenvalue weighted by atomic mass is 32.2. The number of ketones is 1. The van der Waals surface area contributed by atoms with Crippen LogP contribution in [0.1, 0.15) is 20.3 Å². The molecule has 0 N–H and O–H groups in total. The van der Waals surface area contributed by atoms with E-state index in [2.05, 4.69) is 0 Å². The summed E-state index contributed by atoms with van der Waals surface area (Å²) in [5, 5.41) is 0. The Morgan fingerprint density at radius 3 is 2.59 bits per heavy atom. The van der Waals surface area contributed by atoms with Crippen LogP contribution in [0.2, 0.25) is 0 Å². The number of hydrogen-bond acceptors (Lipinski definition) is 4. The number of ether oxygens (including phenoxy) is 1. The Hall–Kier alpha value is -1.36. The molecule has 1 rings (SSSR count). The van der Waals surface area contributed by atoms with Gasteiger partial charge in [0.25, 0.3) is 0 Å². The molecule has 0 spiro atoms. The number of benzene rings is 1. The summed E-state index contributed by atoms with van der Waals surface area (Å²) >= 11 is 0. The summed E-state index contributed by atoms with van der Waals surface area (Å²) in [7, 11) is -3.25. The van der Waals surface area contributed by atoms with E-state index in [1.807, 2.05) is 0 Å². The van der Waals surface area contributed by atoms with Gasteiger partial charge in [-0.05, 0) is 25.1 Å². The maximum absolute atomic E-state index is 11.4. The standard InChI is InChI=1S/C12H16O4S/c1-4-12(13)9(2)16-10-6-5-7-11(8-10)17(3,14)15/h5-9H,4H2,1-3H3. The molecule has 0 heterocycles. The van der Waals surface area contributed by atoms with Crippen molar-refractivity contribution >= 4 is 15.6 Å². The van der Waals surface area contributed by atoms with E-state index < -0.39 is 15.9 Å². The second-order valence-corrected chi connectivity index (χ2v) is 5.84. The molecular weight excluding hydrogens is 240 g/mol. The molecule has 0 radical (unpaired) electrons. The molecule has 0 aliphatic rings. The van der Waals surface area contributed by atoms with Crippen LogP contribution in [0.5, 0.6) is 5.75 Å². The number of rotatable bonds is 5. The molecule has 0 saturated carbocycles. The Morgan fingerprint density at radius 2 is 2.06 bits per heavy atom. The fourth-order valence-corrected chi connectivity index (χ4v) is 1.99. The van der Waals surface area contributed by atoms with Gasteiger partial charge in [0, 0.05) is 12.7 Å². The van der Waals surface area contributed by atoms with E-state index in [-0.39, 0.29) is 10.7 Å². The van der Waals surface area contributed by atoms with Crippen molar-refractivity contribution in [3.05, 3.63) is 24.3 Å². The fraction of sp³-hybridized carbons (Fsp3) is 0.417. The minimum atomic E-state index is -3.25. The number of sulfone groups is 1. The molecule has 0 aliphatic heterocycles. The zero-order valence-corrected chi connectivity index (χ0v) is 11.0. The van der Waals surface area contributed by atoms with Crippen molar-refractivity contribution in [3.63, 3.8) is 0 Å². The van der Waals surface area contributed by atoms with Gasteiger partial charge in [-0.3, -0.25) is 4.79 Å². The molecule has 1 aromatic rings. The largest absolute Gasteiger partial charge is 0.483 e. The van der Waals surface area contributed by atoms with Gasteiger partial charge in [0.1, 0.15) is 5.75 Å². The molecule has 1 unspecified atom stereocenters. The lowest BCUT2D eigenvalue weighted by Gasteiger charge is -2.13. The SMILES string of the molecule is CCC(=O)C(C)Oc1cccc(S(C)(=O)=O)c1. The van der Waals surface area contributed by atoms with Gasteiger partial charge in [-0.25, -0.2) is 8.42 Å². The number of Topliss-reactive ketones (excluding diaryl/α,β-unsaturated/α-hetero) is 1. The maximum atomic E-state index is 11.4. The average Bonchev–Trinajstić information content (AvgIpc) is 2.27. The minimum Gasteiger partial charge on any atom is -0.483 e. The summed E-state index contributed by atoms with van der Waals surface area (Å²) in [5.41, 5.74) is 0. The van der Waals surface area contributed by atoms with Crippen LogP contribution in [0.15, 0.2) is 29.2 Å². The molecule has 4 nitrogen and oxygen atoms in total. The van der Waals surface area contributed by atoms with E-state index in [1.165, 1.54) is 12.1 Å². The summed E-state index contributed by atoms with van der Waals surface area (Å²) in [6, 6.07) is 6.15. The Bertz CT molecular complexity index is 505. The Morgan fingerprint density at radius 1 is 1.41 bits per heavy atom. The Balaban J connectivity index is 2.90. The normalized spacial score (nSPS) is 13.1. The smallest absolute Gasteiger partial charge is 0.175 e. The van der Waals surface area contributed by atoms with E-state index >= 15 is 0 Å². The second kappa shape index (κ2) is 5.31. The summed E-state index contributed by atoms with van der Waals surface area (Å²) in [4.78, 5) is 11.5. The topological polar surface area (TPSA) is 60.4 Å². The van der Waals surface area contributed by atoms with E-state index in [0.29, 0.717) is 12.2 Å². The van der Waals surface area contributed by atoms with Crippen LogP contribution in [0.4, 0.5) is 0 Å². The monoisotopic (exact) mass is 256 g/mol. The Kier molecular flexibility index (Phi) is 4.28. The fourth-order valence-electron chi connectivity index (χ4n) is 1.34. The molecule has 0 saturated heterocycles. The number of carbonyl (C=O) groups is 1. The van der Waals surface area contributed by atoms with Gasteiger partial charge in [0.2, 0.25) is 0 Å². The molecule has 94 valence electrons. The van der Waals surface area contributed by atoms with Gasteiger partial charge in [0.05, 0.1) is 4.90 Å². The molecule has 17 heavy (non-hydrogen) atoms. The highest BCUT2D eigenvalue weighted by molar-refractivity contribution is 7.90.